The van der Waals surface area contributed by atoms with Crippen LogP contribution in [0.4, 0.5) is 0 Å². The molecule has 0 atom stereocenters. The number of rotatable bonds is 3. The third-order valence-electron chi connectivity index (χ3n) is 7.29. The number of phenolic OH excluding ortho intramolecular Hbond substituents is 1. The molecule has 0 aliphatic rings. The molecule has 0 spiro atoms. The van der Waals surface area contributed by atoms with Crippen molar-refractivity contribution in [2.45, 2.75) is 105 Å². The van der Waals surface area contributed by atoms with E-state index < -0.39 is 5.97 Å². The highest BCUT2D eigenvalue weighted by atomic mass is 16.4. The van der Waals surface area contributed by atoms with Crippen LogP contribution in [-0.4, -0.2) is 16.2 Å². The molecule has 0 saturated heterocycles. The summed E-state index contributed by atoms with van der Waals surface area (Å²) in [6.45, 7) is 25.7. The fourth-order valence-corrected chi connectivity index (χ4v) is 5.05. The molecule has 0 aliphatic carbocycles. The summed E-state index contributed by atoms with van der Waals surface area (Å²) in [7, 11) is 0. The molecule has 0 saturated carbocycles. The zero-order valence-electron chi connectivity index (χ0n) is 25.4. The van der Waals surface area contributed by atoms with Gasteiger partial charge in [0, 0.05) is 16.7 Å². The van der Waals surface area contributed by atoms with Gasteiger partial charge >= 0.3 is 5.97 Å². The second-order valence-corrected chi connectivity index (χ2v) is 14.7. The summed E-state index contributed by atoms with van der Waals surface area (Å²) in [4.78, 5) is 12.6. The zero-order valence-corrected chi connectivity index (χ0v) is 25.4. The average molecular weight is 515 g/mol. The summed E-state index contributed by atoms with van der Waals surface area (Å²) < 4.78 is 0. The topological polar surface area (TPSA) is 57.5 Å². The number of carbonyl (C=O) groups is 1. The Morgan fingerprint density at radius 1 is 0.605 bits per heavy atom. The Morgan fingerprint density at radius 2 is 1.11 bits per heavy atom. The van der Waals surface area contributed by atoms with Crippen molar-refractivity contribution in [2.24, 2.45) is 0 Å². The Balaban J connectivity index is 2.53. The highest BCUT2D eigenvalue weighted by molar-refractivity contribution is 6.02. The lowest BCUT2D eigenvalue weighted by molar-refractivity contribution is 0.0697. The van der Waals surface area contributed by atoms with Crippen molar-refractivity contribution in [2.75, 3.05) is 0 Å². The molecule has 0 heterocycles. The van der Waals surface area contributed by atoms with E-state index in [0.29, 0.717) is 5.56 Å². The summed E-state index contributed by atoms with van der Waals surface area (Å²) in [6.07, 6.45) is 0. The van der Waals surface area contributed by atoms with Crippen molar-refractivity contribution in [3.05, 3.63) is 76.3 Å². The maximum absolute atomic E-state index is 12.6. The van der Waals surface area contributed by atoms with Crippen molar-refractivity contribution in [1.82, 2.24) is 0 Å². The van der Waals surface area contributed by atoms with E-state index in [1.54, 1.807) is 6.07 Å². The molecule has 3 rings (SSSR count). The summed E-state index contributed by atoms with van der Waals surface area (Å²) >= 11 is 0. The molecule has 0 unspecified atom stereocenters. The molecule has 3 aromatic rings. The molecule has 0 aromatic heterocycles. The predicted octanol–water partition coefficient (Wildman–Crippen LogP) is 9.61. The van der Waals surface area contributed by atoms with Crippen LogP contribution in [0.5, 0.6) is 5.75 Å². The van der Waals surface area contributed by atoms with Gasteiger partial charge in [-0.15, -0.1) is 0 Å². The van der Waals surface area contributed by atoms with Gasteiger partial charge in [-0.2, -0.15) is 0 Å². The quantitative estimate of drug-likeness (QED) is 0.366. The Morgan fingerprint density at radius 3 is 1.53 bits per heavy atom. The van der Waals surface area contributed by atoms with Gasteiger partial charge in [0.05, 0.1) is 5.56 Å². The van der Waals surface area contributed by atoms with E-state index in [9.17, 15) is 15.0 Å². The molecule has 0 amide bonds. The highest BCUT2D eigenvalue weighted by Crippen LogP contribution is 2.46. The molecule has 38 heavy (non-hydrogen) atoms. The van der Waals surface area contributed by atoms with Crippen molar-refractivity contribution < 1.29 is 15.0 Å². The molecule has 0 fully saturated rings. The number of aromatic hydroxyl groups is 1. The van der Waals surface area contributed by atoms with E-state index in [2.05, 4.69) is 101 Å². The van der Waals surface area contributed by atoms with Gasteiger partial charge < -0.3 is 10.2 Å². The summed E-state index contributed by atoms with van der Waals surface area (Å²) in [5, 5.41) is 21.7. The first-order valence-corrected chi connectivity index (χ1v) is 13.5. The van der Waals surface area contributed by atoms with Crippen LogP contribution in [0, 0.1) is 0 Å². The Hall–Kier alpha value is -3.07. The normalized spacial score (nSPS) is 13.1. The van der Waals surface area contributed by atoms with Gasteiger partial charge in [-0.3, -0.25) is 0 Å². The third-order valence-corrected chi connectivity index (χ3v) is 7.29. The lowest BCUT2D eigenvalue weighted by Gasteiger charge is -2.30. The summed E-state index contributed by atoms with van der Waals surface area (Å²) in [5.74, 6) is -0.679. The Bertz CT molecular complexity index is 1330. The van der Waals surface area contributed by atoms with E-state index in [1.165, 1.54) is 11.1 Å². The van der Waals surface area contributed by atoms with E-state index in [4.69, 9.17) is 0 Å². The minimum atomic E-state index is -0.965. The van der Waals surface area contributed by atoms with Gasteiger partial charge in [-0.1, -0.05) is 113 Å². The maximum atomic E-state index is 12.6. The van der Waals surface area contributed by atoms with Gasteiger partial charge in [-0.05, 0) is 67.7 Å². The molecule has 0 aliphatic heterocycles. The van der Waals surface area contributed by atoms with Crippen LogP contribution in [0.25, 0.3) is 22.3 Å². The first kappa shape index (κ1) is 29.5. The molecule has 204 valence electrons. The largest absolute Gasteiger partial charge is 0.507 e. The predicted molar refractivity (Wildman–Crippen MR) is 161 cm³/mol. The third kappa shape index (κ3) is 5.82. The monoisotopic (exact) mass is 514 g/mol. The van der Waals surface area contributed by atoms with Crippen LogP contribution in [0.1, 0.15) is 116 Å². The van der Waals surface area contributed by atoms with Gasteiger partial charge in [0.25, 0.3) is 0 Å². The van der Waals surface area contributed by atoms with E-state index in [0.717, 1.165) is 27.8 Å². The number of aromatic carboxylic acids is 1. The van der Waals surface area contributed by atoms with E-state index in [-0.39, 0.29) is 33.0 Å². The SMILES string of the molecule is CC(C)(C)c1ccc(-c2cccc(C(=O)O)c2-c2cc(C(C)(C)C)c(O)c(C(C)(C)C)c2)c(C(C)(C)C)c1. The van der Waals surface area contributed by atoms with Crippen LogP contribution < -0.4 is 0 Å². The molecule has 3 heteroatoms. The Kier molecular flexibility index (Phi) is 7.44. The van der Waals surface area contributed by atoms with Crippen molar-refractivity contribution >= 4 is 5.97 Å². The van der Waals surface area contributed by atoms with Crippen LogP contribution in [0.15, 0.2) is 48.5 Å². The van der Waals surface area contributed by atoms with Crippen LogP contribution >= 0.6 is 0 Å². The van der Waals surface area contributed by atoms with Crippen LogP contribution in [0.3, 0.4) is 0 Å². The Labute approximate surface area is 229 Å². The molecule has 0 radical (unpaired) electrons. The average Bonchev–Trinajstić information content (AvgIpc) is 2.75. The van der Waals surface area contributed by atoms with Crippen LogP contribution in [-0.2, 0) is 21.7 Å². The van der Waals surface area contributed by atoms with Gasteiger partial charge in [-0.25, -0.2) is 4.79 Å². The highest BCUT2D eigenvalue weighted by Gasteiger charge is 2.30. The number of benzene rings is 3. The van der Waals surface area contributed by atoms with Gasteiger partial charge in [0.2, 0.25) is 0 Å². The minimum Gasteiger partial charge on any atom is -0.507 e. The minimum absolute atomic E-state index is 0.00947. The van der Waals surface area contributed by atoms with Crippen molar-refractivity contribution in [1.29, 1.82) is 0 Å². The summed E-state index contributed by atoms with van der Waals surface area (Å²) in [6, 6.07) is 16.1. The number of hydrogen-bond donors (Lipinski definition) is 2. The first-order chi connectivity index (χ1) is 17.1. The van der Waals surface area contributed by atoms with Crippen molar-refractivity contribution in [3.63, 3.8) is 0 Å². The van der Waals surface area contributed by atoms with Gasteiger partial charge in [0.15, 0.2) is 0 Å². The fraction of sp³-hybridized carbons (Fsp3) is 0.457. The number of phenols is 1. The molecule has 3 nitrogen and oxygen atoms in total. The van der Waals surface area contributed by atoms with E-state index >= 15 is 0 Å². The fourth-order valence-electron chi connectivity index (χ4n) is 5.05. The first-order valence-electron chi connectivity index (χ1n) is 13.5. The number of carboxylic acid groups (broad SMARTS) is 1. The zero-order chi connectivity index (χ0) is 29.0. The van der Waals surface area contributed by atoms with Crippen molar-refractivity contribution in [3.8, 4) is 28.0 Å². The number of hydrogen-bond acceptors (Lipinski definition) is 2. The number of carboxylic acids is 1. The second-order valence-electron chi connectivity index (χ2n) is 14.7. The smallest absolute Gasteiger partial charge is 0.336 e. The summed E-state index contributed by atoms with van der Waals surface area (Å²) in [5.41, 5.74) is 6.90. The van der Waals surface area contributed by atoms with Gasteiger partial charge in [0.1, 0.15) is 5.75 Å². The molecular weight excluding hydrogens is 468 g/mol. The molecule has 2 N–H and O–H groups in total. The second kappa shape index (κ2) is 9.59. The molecule has 0 bridgehead atoms. The molecule has 3 aromatic carbocycles. The standard InChI is InChI=1S/C35H46O3/c1-32(2,3)22-16-17-23(26(20-22)33(4,5)6)24-14-13-15-25(31(37)38)29(24)21-18-27(34(7,8)9)30(36)28(19-21)35(10,11)12/h13-20,36H,1-12H3,(H,37,38). The lowest BCUT2D eigenvalue weighted by Crippen LogP contribution is -2.18. The van der Waals surface area contributed by atoms with E-state index in [1.807, 2.05) is 24.3 Å². The lowest BCUT2D eigenvalue weighted by atomic mass is 9.74. The van der Waals surface area contributed by atoms with Crippen LogP contribution in [0.2, 0.25) is 0 Å². The molecular formula is C35H46O3. The maximum Gasteiger partial charge on any atom is 0.336 e.